The number of aromatic nitrogens is 2. The Morgan fingerprint density at radius 3 is 2.62 bits per heavy atom. The van der Waals surface area contributed by atoms with Crippen molar-refractivity contribution >= 4 is 35.0 Å². The van der Waals surface area contributed by atoms with Gasteiger partial charge in [-0.2, -0.15) is 0 Å². The molecule has 1 heterocycles. The molecule has 12 heteroatoms. The number of rotatable bonds is 11. The Balaban J connectivity index is 2.27. The Morgan fingerprint density at radius 1 is 1.24 bits per heavy atom. The number of nitrogen functional groups attached to an aromatic ring is 1. The summed E-state index contributed by atoms with van der Waals surface area (Å²) < 4.78 is 11.3. The molecule has 0 fully saturated rings. The summed E-state index contributed by atoms with van der Waals surface area (Å²) in [5.74, 6) is -2.01. The average Bonchev–Trinajstić information content (AvgIpc) is 2.78. The Morgan fingerprint density at radius 2 is 1.97 bits per heavy atom. The lowest BCUT2D eigenvalue weighted by Gasteiger charge is -2.24. The molecule has 0 saturated carbocycles. The summed E-state index contributed by atoms with van der Waals surface area (Å²) in [4.78, 5) is 64.6. The van der Waals surface area contributed by atoms with Gasteiger partial charge in [0.05, 0.1) is 12.2 Å². The van der Waals surface area contributed by atoms with Gasteiger partial charge in [0, 0.05) is 32.8 Å². The van der Waals surface area contributed by atoms with Gasteiger partial charge >= 0.3 is 11.7 Å². The van der Waals surface area contributed by atoms with Crippen LogP contribution in [0, 0.1) is 0 Å². The highest BCUT2D eigenvalue weighted by atomic mass is 16.5. The molecule has 2 amide bonds. The van der Waals surface area contributed by atoms with E-state index in [1.54, 1.807) is 12.1 Å². The number of methoxy groups -OCH3 is 1. The van der Waals surface area contributed by atoms with Crippen molar-refractivity contribution in [1.82, 2.24) is 9.55 Å². The van der Waals surface area contributed by atoms with E-state index in [0.717, 1.165) is 11.3 Å². The van der Waals surface area contributed by atoms with Crippen molar-refractivity contribution in [3.8, 4) is 0 Å². The van der Waals surface area contributed by atoms with E-state index in [-0.39, 0.29) is 42.7 Å². The van der Waals surface area contributed by atoms with Crippen molar-refractivity contribution in [3.05, 3.63) is 50.7 Å². The van der Waals surface area contributed by atoms with Crippen LogP contribution in [0.15, 0.2) is 33.9 Å². The van der Waals surface area contributed by atoms with Crippen LogP contribution in [0.2, 0.25) is 0 Å². The van der Waals surface area contributed by atoms with Crippen molar-refractivity contribution < 1.29 is 23.9 Å². The molecule has 0 aliphatic heterocycles. The number of H-pyrrole nitrogens is 1. The van der Waals surface area contributed by atoms with Crippen molar-refractivity contribution in [2.75, 3.05) is 42.8 Å². The molecule has 0 atom stereocenters. The number of nitrogens with zero attached hydrogens (tertiary/aromatic N) is 2. The Labute approximate surface area is 195 Å². The number of nitrogens with one attached hydrogen (secondary N) is 2. The molecular weight excluding hydrogens is 446 g/mol. The minimum Gasteiger partial charge on any atom is -0.452 e. The highest BCUT2D eigenvalue weighted by Gasteiger charge is 2.25. The van der Waals surface area contributed by atoms with Gasteiger partial charge in [0.15, 0.2) is 12.3 Å². The number of hydrogen-bond acceptors (Lipinski definition) is 8. The highest BCUT2D eigenvalue weighted by molar-refractivity contribution is 5.99. The molecule has 184 valence electrons. The Bertz CT molecular complexity index is 1160. The maximum absolute atomic E-state index is 13.0. The average molecular weight is 476 g/mol. The van der Waals surface area contributed by atoms with E-state index < -0.39 is 29.7 Å². The molecule has 2 aromatic rings. The van der Waals surface area contributed by atoms with Crippen LogP contribution in [-0.2, 0) is 25.6 Å². The molecular formula is C22H29N5O7. The summed E-state index contributed by atoms with van der Waals surface area (Å²) in [6, 6.07) is 6.02. The predicted octanol–water partition coefficient (Wildman–Crippen LogP) is 0.714. The van der Waals surface area contributed by atoms with Crippen LogP contribution in [-0.4, -0.2) is 54.2 Å². The van der Waals surface area contributed by atoms with E-state index >= 15 is 0 Å². The van der Waals surface area contributed by atoms with Gasteiger partial charge in [-0.25, -0.2) is 9.59 Å². The fourth-order valence-electron chi connectivity index (χ4n) is 3.14. The van der Waals surface area contributed by atoms with E-state index in [9.17, 15) is 24.0 Å². The summed E-state index contributed by atoms with van der Waals surface area (Å²) in [5, 5.41) is 2.55. The van der Waals surface area contributed by atoms with Gasteiger partial charge in [-0.05, 0) is 24.6 Å². The number of aromatic amines is 1. The zero-order chi connectivity index (χ0) is 25.3. The number of amides is 2. The van der Waals surface area contributed by atoms with Crippen LogP contribution >= 0.6 is 0 Å². The van der Waals surface area contributed by atoms with Crippen LogP contribution in [0.1, 0.15) is 37.0 Å². The molecule has 2 rings (SSSR count). The highest BCUT2D eigenvalue weighted by Crippen LogP contribution is 2.18. The summed E-state index contributed by atoms with van der Waals surface area (Å²) >= 11 is 0. The zero-order valence-electron chi connectivity index (χ0n) is 19.4. The molecule has 0 saturated heterocycles. The second-order valence-corrected chi connectivity index (χ2v) is 7.37. The summed E-state index contributed by atoms with van der Waals surface area (Å²) in [5.41, 5.74) is 4.88. The summed E-state index contributed by atoms with van der Waals surface area (Å²) in [6.45, 7) is 2.83. The monoisotopic (exact) mass is 475 g/mol. The smallest absolute Gasteiger partial charge is 0.338 e. The Hall–Kier alpha value is -3.93. The van der Waals surface area contributed by atoms with Gasteiger partial charge in [-0.1, -0.05) is 19.4 Å². The first kappa shape index (κ1) is 26.3. The maximum Gasteiger partial charge on any atom is 0.338 e. The van der Waals surface area contributed by atoms with Crippen molar-refractivity contribution in [1.29, 1.82) is 0 Å². The number of carbonyl (C=O) groups is 3. The predicted molar refractivity (Wildman–Crippen MR) is 126 cm³/mol. The largest absolute Gasteiger partial charge is 0.452 e. The molecule has 0 radical (unpaired) electrons. The van der Waals surface area contributed by atoms with E-state index in [1.165, 1.54) is 30.7 Å². The van der Waals surface area contributed by atoms with Gasteiger partial charge in [-0.3, -0.25) is 28.8 Å². The molecule has 4 N–H and O–H groups in total. The molecule has 12 nitrogen and oxygen atoms in total. The molecule has 0 spiro atoms. The van der Waals surface area contributed by atoms with Crippen LogP contribution < -0.4 is 27.2 Å². The lowest BCUT2D eigenvalue weighted by Crippen LogP contribution is -2.44. The molecule has 0 bridgehead atoms. The third-order valence-electron chi connectivity index (χ3n) is 4.78. The van der Waals surface area contributed by atoms with Crippen LogP contribution in [0.5, 0.6) is 0 Å². The standard InChI is InChI=1S/C22H29N5O7/c1-4-5-9-27-19(23)18(20(30)25-22(27)32)26(10-11-33-3)17(29)13-34-21(31)15-7-6-8-16(12-15)24-14(2)28/h6-8,12H,4-5,9-11,13,23H2,1-3H3,(H,24,28)(H,25,30,32). The fourth-order valence-corrected chi connectivity index (χ4v) is 3.14. The fraction of sp³-hybridized carbons (Fsp3) is 0.409. The summed E-state index contributed by atoms with van der Waals surface area (Å²) in [7, 11) is 1.42. The van der Waals surface area contributed by atoms with Crippen LogP contribution in [0.3, 0.4) is 0 Å². The second-order valence-electron chi connectivity index (χ2n) is 7.37. The molecule has 1 aromatic heterocycles. The molecule has 0 unspecified atom stereocenters. The number of ether oxygens (including phenoxy) is 2. The lowest BCUT2D eigenvalue weighted by molar-refractivity contribution is -0.121. The topological polar surface area (TPSA) is 166 Å². The first-order valence-corrected chi connectivity index (χ1v) is 10.7. The zero-order valence-corrected chi connectivity index (χ0v) is 19.4. The van der Waals surface area contributed by atoms with Gasteiger partial charge in [-0.15, -0.1) is 0 Å². The van der Waals surface area contributed by atoms with E-state index in [1.807, 2.05) is 6.92 Å². The van der Waals surface area contributed by atoms with Gasteiger partial charge < -0.3 is 20.5 Å². The number of nitrogens with two attached hydrogens (primary N) is 1. The van der Waals surface area contributed by atoms with Gasteiger partial charge in [0.2, 0.25) is 5.91 Å². The number of benzene rings is 1. The normalized spacial score (nSPS) is 10.6. The van der Waals surface area contributed by atoms with Crippen LogP contribution in [0.25, 0.3) is 0 Å². The molecule has 0 aliphatic rings. The van der Waals surface area contributed by atoms with Crippen molar-refractivity contribution in [3.63, 3.8) is 0 Å². The van der Waals surface area contributed by atoms with Crippen molar-refractivity contribution in [2.24, 2.45) is 0 Å². The first-order chi connectivity index (χ1) is 16.2. The summed E-state index contributed by atoms with van der Waals surface area (Å²) in [6.07, 6.45) is 1.42. The van der Waals surface area contributed by atoms with E-state index in [0.29, 0.717) is 12.1 Å². The second kappa shape index (κ2) is 12.3. The molecule has 0 aliphatic carbocycles. The van der Waals surface area contributed by atoms with E-state index in [4.69, 9.17) is 15.2 Å². The van der Waals surface area contributed by atoms with E-state index in [2.05, 4.69) is 10.3 Å². The maximum atomic E-state index is 13.0. The SMILES string of the molecule is CCCCn1c(N)c(N(CCOC)C(=O)COC(=O)c2cccc(NC(C)=O)c2)c(=O)[nH]c1=O. The quantitative estimate of drug-likeness (QED) is 0.400. The van der Waals surface area contributed by atoms with Gasteiger partial charge in [0.25, 0.3) is 11.5 Å². The minimum atomic E-state index is -0.839. The number of hydrogen-bond donors (Lipinski definition) is 3. The molecule has 34 heavy (non-hydrogen) atoms. The molecule has 1 aromatic carbocycles. The third kappa shape index (κ3) is 6.78. The Kier molecular flexibility index (Phi) is 9.56. The number of unbranched alkanes of at least 4 members (excludes halogenated alkanes) is 1. The lowest BCUT2D eigenvalue weighted by atomic mass is 10.2. The number of esters is 1. The van der Waals surface area contributed by atoms with Gasteiger partial charge in [0.1, 0.15) is 5.82 Å². The number of anilines is 3. The number of carbonyl (C=O) groups excluding carboxylic acids is 3. The van der Waals surface area contributed by atoms with Crippen LogP contribution in [0.4, 0.5) is 17.2 Å². The van der Waals surface area contributed by atoms with Crippen molar-refractivity contribution in [2.45, 2.75) is 33.2 Å². The third-order valence-corrected chi connectivity index (χ3v) is 4.78. The first-order valence-electron chi connectivity index (χ1n) is 10.7. The minimum absolute atomic E-state index is 0.0609.